The zero-order valence-electron chi connectivity index (χ0n) is 23.2. The van der Waals surface area contributed by atoms with Gasteiger partial charge in [0.2, 0.25) is 11.8 Å². The van der Waals surface area contributed by atoms with E-state index in [0.717, 1.165) is 24.8 Å². The van der Waals surface area contributed by atoms with Crippen LogP contribution in [0, 0.1) is 11.8 Å². The quantitative estimate of drug-likeness (QED) is 0.220. The monoisotopic (exact) mass is 538 g/mol. The van der Waals surface area contributed by atoms with Gasteiger partial charge in [0.1, 0.15) is 11.6 Å². The second kappa shape index (κ2) is 12.5. The minimum absolute atomic E-state index is 0.0820. The first-order chi connectivity index (χ1) is 18.9. The van der Waals surface area contributed by atoms with E-state index in [0.29, 0.717) is 25.8 Å². The summed E-state index contributed by atoms with van der Waals surface area (Å²) in [5, 5.41) is 10.6. The molecule has 3 saturated heterocycles. The highest BCUT2D eigenvalue weighted by molar-refractivity contribution is 5.98. The maximum absolute atomic E-state index is 14.5. The van der Waals surface area contributed by atoms with Crippen molar-refractivity contribution in [3.8, 4) is 0 Å². The van der Waals surface area contributed by atoms with E-state index < -0.39 is 41.6 Å². The Balaban J connectivity index is 1.76. The van der Waals surface area contributed by atoms with Gasteiger partial charge in [0.05, 0.1) is 37.2 Å². The van der Waals surface area contributed by atoms with Crippen molar-refractivity contribution in [1.29, 1.82) is 0 Å². The molecule has 0 saturated carbocycles. The summed E-state index contributed by atoms with van der Waals surface area (Å²) < 4.78 is 12.1. The summed E-state index contributed by atoms with van der Waals surface area (Å²) in [6.45, 7) is 11.8. The molecule has 212 valence electrons. The van der Waals surface area contributed by atoms with Crippen LogP contribution in [0.25, 0.3) is 0 Å². The first kappa shape index (κ1) is 29.0. The topological polar surface area (TPSA) is 96.4 Å². The molecular weight excluding hydrogens is 496 g/mol. The molecule has 7 atom stereocenters. The van der Waals surface area contributed by atoms with Crippen molar-refractivity contribution in [1.82, 2.24) is 9.80 Å². The summed E-state index contributed by atoms with van der Waals surface area (Å²) in [5.74, 6) is -2.66. The van der Waals surface area contributed by atoms with Gasteiger partial charge in [0, 0.05) is 12.6 Å². The number of aliphatic hydroxyl groups excluding tert-OH is 1. The number of esters is 1. The Bertz CT molecular complexity index is 1060. The minimum atomic E-state index is -1.16. The molecule has 4 rings (SSSR count). The zero-order chi connectivity index (χ0) is 28.2. The Labute approximate surface area is 231 Å². The van der Waals surface area contributed by atoms with Gasteiger partial charge in [-0.2, -0.15) is 0 Å². The van der Waals surface area contributed by atoms with E-state index in [9.17, 15) is 19.5 Å². The van der Waals surface area contributed by atoms with Crippen molar-refractivity contribution in [2.24, 2.45) is 11.8 Å². The number of rotatable bonds is 14. The standard InChI is InChI=1S/C31H42N2O6/c1-5-8-12-19-38-30(37)25-24-16-17-31(39-24)26(25)28(35)33(23(20-34)22-14-10-9-11-15-22)27(31)29(36)32(18-7-3)21(4)13-6-2/h5,7,9-11,14-15,21,23-27,34H,1,3,6,8,12-13,16-20H2,2,4H3/t21?,23-,24-,25+,26+,27?,31?/m1/s1. The number of nitrogens with zero attached hydrogens (tertiary/aromatic N) is 2. The Morgan fingerprint density at radius 3 is 2.67 bits per heavy atom. The van der Waals surface area contributed by atoms with Gasteiger partial charge < -0.3 is 24.4 Å². The third-order valence-electron chi connectivity index (χ3n) is 8.58. The van der Waals surface area contributed by atoms with Crippen LogP contribution in [0.5, 0.6) is 0 Å². The smallest absolute Gasteiger partial charge is 0.312 e. The number of carbonyl (C=O) groups is 3. The Morgan fingerprint density at radius 1 is 1.28 bits per heavy atom. The van der Waals surface area contributed by atoms with Crippen LogP contribution in [-0.4, -0.2) is 76.2 Å². The first-order valence-electron chi connectivity index (χ1n) is 14.2. The predicted octanol–water partition coefficient (Wildman–Crippen LogP) is 3.81. The lowest BCUT2D eigenvalue weighted by Crippen LogP contribution is -2.58. The number of hydrogen-bond donors (Lipinski definition) is 1. The summed E-state index contributed by atoms with van der Waals surface area (Å²) >= 11 is 0. The summed E-state index contributed by atoms with van der Waals surface area (Å²) in [5.41, 5.74) is -0.436. The fraction of sp³-hybridized carbons (Fsp3) is 0.581. The average molecular weight is 539 g/mol. The lowest BCUT2D eigenvalue weighted by molar-refractivity contribution is -0.157. The van der Waals surface area contributed by atoms with E-state index in [4.69, 9.17) is 9.47 Å². The molecule has 3 unspecified atom stereocenters. The number of ether oxygens (including phenoxy) is 2. The summed E-state index contributed by atoms with van der Waals surface area (Å²) in [6, 6.07) is 7.41. The lowest BCUT2D eigenvalue weighted by Gasteiger charge is -2.41. The molecular formula is C31H42N2O6. The lowest BCUT2D eigenvalue weighted by atomic mass is 9.70. The zero-order valence-corrected chi connectivity index (χ0v) is 23.2. The molecule has 2 amide bonds. The second-order valence-corrected chi connectivity index (χ2v) is 10.9. The number of aliphatic hydroxyl groups is 1. The number of allylic oxidation sites excluding steroid dienone is 1. The normalized spacial score (nSPS) is 28.6. The molecule has 3 heterocycles. The van der Waals surface area contributed by atoms with Crippen molar-refractivity contribution in [2.75, 3.05) is 19.8 Å². The van der Waals surface area contributed by atoms with Crippen molar-refractivity contribution in [2.45, 2.75) is 82.2 Å². The van der Waals surface area contributed by atoms with Crippen molar-refractivity contribution in [3.63, 3.8) is 0 Å². The number of benzene rings is 1. The Morgan fingerprint density at radius 2 is 2.03 bits per heavy atom. The summed E-state index contributed by atoms with van der Waals surface area (Å²) in [6.07, 6.45) is 7.09. The molecule has 1 aromatic carbocycles. The minimum Gasteiger partial charge on any atom is -0.465 e. The van der Waals surface area contributed by atoms with Gasteiger partial charge in [-0.1, -0.05) is 55.8 Å². The maximum Gasteiger partial charge on any atom is 0.312 e. The highest BCUT2D eigenvalue weighted by Gasteiger charge is 2.75. The SMILES string of the molecule is C=CCCCOC(=O)[C@@H]1[C@H]2C(=O)N([C@H](CO)c3ccccc3)C(C(=O)N(CC=C)C(C)CCC)C23CC[C@H]1O3. The molecule has 0 radical (unpaired) electrons. The fourth-order valence-corrected chi connectivity index (χ4v) is 6.86. The number of carbonyl (C=O) groups excluding carboxylic acids is 3. The van der Waals surface area contributed by atoms with Crippen LogP contribution in [0.15, 0.2) is 55.6 Å². The summed E-state index contributed by atoms with van der Waals surface area (Å²) in [7, 11) is 0. The van der Waals surface area contributed by atoms with Gasteiger partial charge in [-0.15, -0.1) is 13.2 Å². The van der Waals surface area contributed by atoms with Gasteiger partial charge in [0.15, 0.2) is 0 Å². The molecule has 8 heteroatoms. The molecule has 0 aromatic heterocycles. The van der Waals surface area contributed by atoms with Crippen molar-refractivity contribution >= 4 is 17.8 Å². The number of hydrogen-bond acceptors (Lipinski definition) is 6. The van der Waals surface area contributed by atoms with Gasteiger partial charge in [-0.25, -0.2) is 0 Å². The third-order valence-corrected chi connectivity index (χ3v) is 8.58. The molecule has 8 nitrogen and oxygen atoms in total. The molecule has 0 aliphatic carbocycles. The first-order valence-corrected chi connectivity index (χ1v) is 14.2. The van der Waals surface area contributed by atoms with E-state index in [-0.39, 0.29) is 31.1 Å². The Hall–Kier alpha value is -2.97. The molecule has 1 aromatic rings. The second-order valence-electron chi connectivity index (χ2n) is 10.9. The fourth-order valence-electron chi connectivity index (χ4n) is 6.86. The van der Waals surface area contributed by atoms with E-state index in [1.807, 2.05) is 37.3 Å². The van der Waals surface area contributed by atoms with Crippen LogP contribution in [0.1, 0.15) is 64.0 Å². The van der Waals surface area contributed by atoms with Crippen molar-refractivity contribution in [3.05, 3.63) is 61.2 Å². The predicted molar refractivity (Wildman–Crippen MR) is 147 cm³/mol. The van der Waals surface area contributed by atoms with Crippen LogP contribution in [0.2, 0.25) is 0 Å². The van der Waals surface area contributed by atoms with Crippen LogP contribution in [0.3, 0.4) is 0 Å². The van der Waals surface area contributed by atoms with Gasteiger partial charge >= 0.3 is 5.97 Å². The largest absolute Gasteiger partial charge is 0.465 e. The van der Waals surface area contributed by atoms with Crippen LogP contribution in [-0.2, 0) is 23.9 Å². The summed E-state index contributed by atoms with van der Waals surface area (Å²) in [4.78, 5) is 45.5. The number of amides is 2. The molecule has 3 fully saturated rings. The van der Waals surface area contributed by atoms with Gasteiger partial charge in [-0.05, 0) is 44.6 Å². The average Bonchev–Trinajstić information content (AvgIpc) is 3.58. The van der Waals surface area contributed by atoms with Crippen LogP contribution in [0.4, 0.5) is 0 Å². The van der Waals surface area contributed by atoms with Crippen LogP contribution >= 0.6 is 0 Å². The van der Waals surface area contributed by atoms with E-state index in [1.54, 1.807) is 17.1 Å². The van der Waals surface area contributed by atoms with Crippen molar-refractivity contribution < 1.29 is 29.0 Å². The number of unbranched alkanes of at least 4 members (excludes halogenated alkanes) is 1. The Kier molecular flexibility index (Phi) is 9.28. The van der Waals surface area contributed by atoms with Gasteiger partial charge in [0.25, 0.3) is 0 Å². The molecule has 3 aliphatic heterocycles. The number of fused-ring (bicyclic) bond motifs is 1. The van der Waals surface area contributed by atoms with E-state index >= 15 is 0 Å². The van der Waals surface area contributed by atoms with Gasteiger partial charge in [-0.3, -0.25) is 14.4 Å². The van der Waals surface area contributed by atoms with E-state index in [1.165, 1.54) is 4.90 Å². The highest BCUT2D eigenvalue weighted by Crippen LogP contribution is 2.60. The van der Waals surface area contributed by atoms with E-state index in [2.05, 4.69) is 20.1 Å². The molecule has 39 heavy (non-hydrogen) atoms. The number of likely N-dealkylation sites (tertiary alicyclic amines) is 1. The molecule has 3 aliphatic rings. The highest BCUT2D eigenvalue weighted by atomic mass is 16.6. The molecule has 2 bridgehead atoms. The third kappa shape index (κ3) is 5.16. The maximum atomic E-state index is 14.5. The molecule has 1 spiro atoms. The van der Waals surface area contributed by atoms with Crippen LogP contribution < -0.4 is 0 Å². The molecule has 1 N–H and O–H groups in total.